The Hall–Kier alpha value is -6.51. The van der Waals surface area contributed by atoms with E-state index in [9.17, 15) is 35.2 Å². The van der Waals surface area contributed by atoms with Gasteiger partial charge < -0.3 is 34.6 Å². The van der Waals surface area contributed by atoms with Gasteiger partial charge >= 0.3 is 0 Å². The Kier molecular flexibility index (Phi) is 16.8. The van der Waals surface area contributed by atoms with Crippen LogP contribution in [0.4, 0.5) is 17.1 Å². The summed E-state index contributed by atoms with van der Waals surface area (Å²) >= 11 is 0. The third kappa shape index (κ3) is 11.2. The van der Waals surface area contributed by atoms with Crippen LogP contribution in [0.5, 0.6) is 17.2 Å². The Morgan fingerprint density at radius 3 is 2.30 bits per heavy atom. The summed E-state index contributed by atoms with van der Waals surface area (Å²) in [5.41, 5.74) is 2.67. The van der Waals surface area contributed by atoms with Crippen LogP contribution in [0.25, 0.3) is 0 Å². The standard InChI is InChI=1S/C51H59N5O13S/c1-4-25-54(70(64,65)42-22-17-37(18-23-42)52-34(3)59)48-32-46(53-67-33-35-15-19-38(20-16-35)55(60)61)44-29-36(11-6-8-26-57)43(14-7-9-27-58)49-45-31-41(68-40-13-10-12-39(30-40)56(62)63)21-24-47(45)69-51(48,50(44)49)66-28-5-2/h5,10,12-13,15-24,29-31,36,43,48-50,57-58H,2,4,6-9,11,14,25-28,32-33H2,1,3H3,(H,52,59). The van der Waals surface area contributed by atoms with Gasteiger partial charge in [0, 0.05) is 68.5 Å². The molecule has 7 rings (SSSR count). The number of carbonyl (C=O) groups excluding carboxylic acids is 1. The van der Waals surface area contributed by atoms with Crippen LogP contribution in [0, 0.1) is 38.0 Å². The number of benzene rings is 4. The van der Waals surface area contributed by atoms with Crippen LogP contribution >= 0.6 is 0 Å². The van der Waals surface area contributed by atoms with Gasteiger partial charge in [-0.15, -0.1) is 6.58 Å². The lowest BCUT2D eigenvalue weighted by molar-refractivity contribution is -0.385. The summed E-state index contributed by atoms with van der Waals surface area (Å²) in [5.74, 6) is -2.57. The van der Waals surface area contributed by atoms with Gasteiger partial charge in [-0.1, -0.05) is 43.1 Å². The van der Waals surface area contributed by atoms with E-state index in [2.05, 4.69) is 18.0 Å². The van der Waals surface area contributed by atoms with Gasteiger partial charge in [-0.25, -0.2) is 8.42 Å². The van der Waals surface area contributed by atoms with Crippen molar-refractivity contribution in [3.8, 4) is 17.2 Å². The molecule has 6 atom stereocenters. The third-order valence-electron chi connectivity index (χ3n) is 13.0. The maximum atomic E-state index is 15.3. The Morgan fingerprint density at radius 1 is 0.943 bits per heavy atom. The lowest BCUT2D eigenvalue weighted by atomic mass is 9.55. The van der Waals surface area contributed by atoms with Crippen molar-refractivity contribution in [3.63, 3.8) is 0 Å². The highest BCUT2D eigenvalue weighted by Gasteiger charge is 2.66. The molecule has 1 amide bonds. The van der Waals surface area contributed by atoms with E-state index in [1.807, 2.05) is 13.0 Å². The Bertz CT molecular complexity index is 2700. The molecular weight excluding hydrogens is 923 g/mol. The largest absolute Gasteiger partial charge is 0.460 e. The predicted octanol–water partition coefficient (Wildman–Crippen LogP) is 9.19. The smallest absolute Gasteiger partial charge is 0.273 e. The number of non-ortho nitro benzene ring substituents is 2. The highest BCUT2D eigenvalue weighted by Crippen LogP contribution is 2.62. The number of sulfonamides is 1. The second kappa shape index (κ2) is 22.9. The van der Waals surface area contributed by atoms with E-state index in [1.54, 1.807) is 36.4 Å². The van der Waals surface area contributed by atoms with Gasteiger partial charge in [0.2, 0.25) is 21.7 Å². The van der Waals surface area contributed by atoms with Crippen LogP contribution < -0.4 is 14.8 Å². The van der Waals surface area contributed by atoms with Crippen molar-refractivity contribution in [2.45, 2.75) is 94.5 Å². The number of aliphatic hydroxyl groups is 2. The highest BCUT2D eigenvalue weighted by atomic mass is 32.2. The molecule has 1 fully saturated rings. The molecule has 2 aliphatic carbocycles. The van der Waals surface area contributed by atoms with E-state index in [0.717, 1.165) is 5.56 Å². The zero-order valence-corrected chi connectivity index (χ0v) is 40.0. The number of unbranched alkanes of at least 4 members (excludes halogenated alkanes) is 2. The van der Waals surface area contributed by atoms with Gasteiger partial charge in [0.15, 0.2) is 0 Å². The molecule has 3 aliphatic rings. The Labute approximate surface area is 406 Å². The molecule has 6 unspecified atom stereocenters. The summed E-state index contributed by atoms with van der Waals surface area (Å²) in [6.45, 7) is 7.10. The molecule has 0 saturated heterocycles. The summed E-state index contributed by atoms with van der Waals surface area (Å²) in [5, 5.41) is 50.6. The van der Waals surface area contributed by atoms with Gasteiger partial charge in [0.05, 0.1) is 45.1 Å². The number of amides is 1. The lowest BCUT2D eigenvalue weighted by Crippen LogP contribution is -2.70. The monoisotopic (exact) mass is 981 g/mol. The second-order valence-corrected chi connectivity index (χ2v) is 19.5. The number of carbonyl (C=O) groups is 1. The maximum Gasteiger partial charge on any atom is 0.273 e. The Balaban J connectivity index is 1.45. The van der Waals surface area contributed by atoms with Gasteiger partial charge in [0.25, 0.3) is 11.4 Å². The van der Waals surface area contributed by atoms with Crippen LogP contribution in [0.15, 0.2) is 125 Å². The number of anilines is 1. The molecule has 1 heterocycles. The number of hydrogen-bond acceptors (Lipinski definition) is 14. The first-order chi connectivity index (χ1) is 33.7. The molecule has 19 heteroatoms. The minimum absolute atomic E-state index is 0.000620. The van der Waals surface area contributed by atoms with Gasteiger partial charge in [-0.2, -0.15) is 4.31 Å². The number of allylic oxidation sites excluding steroid dienone is 1. The number of oxime groups is 1. The number of nitro benzene ring substituents is 2. The molecule has 4 aromatic carbocycles. The SMILES string of the molecule is C=CCOC12Oc3ccc(Oc4cccc([N+](=O)[O-])c4)cc3C3C(CCCCO)C(CCCCO)C=C(C(=NOCc4ccc([N+](=O)[O-])cc4)CC1N(CCC)S(=O)(=O)c1ccc(NC(C)=O)cc1)C32. The second-order valence-electron chi connectivity index (χ2n) is 17.6. The fourth-order valence-corrected chi connectivity index (χ4v) is 11.8. The zero-order chi connectivity index (χ0) is 50.0. The molecule has 0 spiro atoms. The number of nitro groups is 2. The number of hydrogen-bond donors (Lipinski definition) is 3. The van der Waals surface area contributed by atoms with E-state index < -0.39 is 43.5 Å². The van der Waals surface area contributed by atoms with Crippen molar-refractivity contribution in [2.24, 2.45) is 22.9 Å². The quantitative estimate of drug-likeness (QED) is 0.0257. The minimum atomic E-state index is -4.38. The summed E-state index contributed by atoms with van der Waals surface area (Å²) in [4.78, 5) is 40.1. The van der Waals surface area contributed by atoms with Gasteiger partial charge in [0.1, 0.15) is 23.9 Å². The molecule has 70 heavy (non-hydrogen) atoms. The minimum Gasteiger partial charge on any atom is -0.460 e. The number of rotatable bonds is 24. The molecule has 372 valence electrons. The summed E-state index contributed by atoms with van der Waals surface area (Å²) in [6.07, 6.45) is 7.81. The fourth-order valence-electron chi connectivity index (χ4n) is 10.1. The number of nitrogens with zero attached hydrogens (tertiary/aromatic N) is 4. The van der Waals surface area contributed by atoms with Crippen molar-refractivity contribution < 1.29 is 52.3 Å². The maximum absolute atomic E-state index is 15.3. The van der Waals surface area contributed by atoms with Crippen LogP contribution in [-0.4, -0.2) is 82.6 Å². The van der Waals surface area contributed by atoms with Gasteiger partial charge in [-0.05, 0) is 116 Å². The topological polar surface area (TPSA) is 242 Å². The number of nitrogens with one attached hydrogen (secondary N) is 1. The van der Waals surface area contributed by atoms with Crippen molar-refractivity contribution >= 4 is 38.7 Å². The van der Waals surface area contributed by atoms with Crippen molar-refractivity contribution in [1.82, 2.24) is 4.31 Å². The zero-order valence-electron chi connectivity index (χ0n) is 39.2. The number of ether oxygens (including phenoxy) is 3. The first-order valence-electron chi connectivity index (χ1n) is 23.5. The van der Waals surface area contributed by atoms with Crippen LogP contribution in [0.3, 0.4) is 0 Å². The Morgan fingerprint density at radius 2 is 1.64 bits per heavy atom. The van der Waals surface area contributed by atoms with Gasteiger partial charge in [-0.3, -0.25) is 25.0 Å². The number of aliphatic hydroxyl groups excluding tert-OH is 2. The average Bonchev–Trinajstić information content (AvgIpc) is 3.34. The first kappa shape index (κ1) is 51.3. The summed E-state index contributed by atoms with van der Waals surface area (Å²) < 4.78 is 52.6. The molecule has 1 saturated carbocycles. The summed E-state index contributed by atoms with van der Waals surface area (Å²) in [6, 6.07) is 21.9. The van der Waals surface area contributed by atoms with Crippen LogP contribution in [0.1, 0.15) is 82.3 Å². The molecule has 0 radical (unpaired) electrons. The third-order valence-corrected chi connectivity index (χ3v) is 15.0. The van der Waals surface area contributed by atoms with Crippen molar-refractivity contribution in [2.75, 3.05) is 31.7 Å². The van der Waals surface area contributed by atoms with Crippen LogP contribution in [-0.2, 0) is 31.0 Å². The first-order valence-corrected chi connectivity index (χ1v) is 24.9. The molecule has 18 nitrogen and oxygen atoms in total. The molecule has 0 bridgehead atoms. The molecule has 3 N–H and O–H groups in total. The van der Waals surface area contributed by atoms with Crippen LogP contribution in [0.2, 0.25) is 0 Å². The van der Waals surface area contributed by atoms with E-state index in [4.69, 9.17) is 24.2 Å². The highest BCUT2D eigenvalue weighted by molar-refractivity contribution is 7.89. The van der Waals surface area contributed by atoms with Crippen molar-refractivity contribution in [3.05, 3.63) is 147 Å². The van der Waals surface area contributed by atoms with E-state index >= 15 is 8.42 Å². The normalized spacial score (nSPS) is 22.0. The lowest BCUT2D eigenvalue weighted by Gasteiger charge is -2.59. The molecule has 0 aromatic heterocycles. The number of fused-ring (bicyclic) bond motifs is 2. The molecular formula is C51H59N5O13S. The molecule has 1 aliphatic heterocycles. The summed E-state index contributed by atoms with van der Waals surface area (Å²) in [7, 11) is -4.38. The molecule has 4 aromatic rings. The van der Waals surface area contributed by atoms with E-state index in [-0.39, 0.29) is 79.2 Å². The fraction of sp³-hybridized carbons (Fsp3) is 0.412. The van der Waals surface area contributed by atoms with E-state index in [0.29, 0.717) is 79.0 Å². The average molecular weight is 982 g/mol. The van der Waals surface area contributed by atoms with E-state index in [1.165, 1.54) is 65.8 Å². The predicted molar refractivity (Wildman–Crippen MR) is 261 cm³/mol. The van der Waals surface area contributed by atoms with Crippen molar-refractivity contribution in [1.29, 1.82) is 0 Å².